The van der Waals surface area contributed by atoms with Crippen molar-refractivity contribution >= 4 is 28.4 Å². The van der Waals surface area contributed by atoms with Gasteiger partial charge >= 0.3 is 0 Å². The quantitative estimate of drug-likeness (QED) is 0.527. The summed E-state index contributed by atoms with van der Waals surface area (Å²) < 4.78 is 0. The zero-order valence-electron chi connectivity index (χ0n) is 20.4. The topological polar surface area (TPSA) is 77.5 Å². The maximum absolute atomic E-state index is 13.1. The summed E-state index contributed by atoms with van der Waals surface area (Å²) in [5.74, 6) is 1.67. The highest BCUT2D eigenvalue weighted by atomic mass is 16.1. The molecule has 0 unspecified atom stereocenters. The lowest BCUT2D eigenvalue weighted by atomic mass is 10.1. The molecule has 2 aromatic heterocycles. The fourth-order valence-electron chi connectivity index (χ4n) is 5.14. The molecule has 8 heteroatoms. The molecule has 0 spiro atoms. The van der Waals surface area contributed by atoms with Crippen LogP contribution in [0.5, 0.6) is 0 Å². The highest BCUT2D eigenvalue weighted by Gasteiger charge is 2.22. The summed E-state index contributed by atoms with van der Waals surface area (Å²) in [4.78, 5) is 33.6. The summed E-state index contributed by atoms with van der Waals surface area (Å²) in [6.45, 7) is 7.45. The lowest BCUT2D eigenvalue weighted by molar-refractivity contribution is 0.0953. The largest absolute Gasteiger partial charge is 0.353 e. The highest BCUT2D eigenvalue weighted by molar-refractivity contribution is 6.09. The Hall–Kier alpha value is -3.26. The van der Waals surface area contributed by atoms with Crippen LogP contribution in [-0.4, -0.2) is 78.1 Å². The molecule has 8 nitrogen and oxygen atoms in total. The Morgan fingerprint density at radius 3 is 2.23 bits per heavy atom. The molecule has 0 bridgehead atoms. The van der Waals surface area contributed by atoms with Crippen molar-refractivity contribution in [3.05, 3.63) is 54.5 Å². The molecule has 0 aliphatic carbocycles. The number of hydrogen-bond acceptors (Lipinski definition) is 7. The van der Waals surface area contributed by atoms with E-state index in [0.717, 1.165) is 61.7 Å². The van der Waals surface area contributed by atoms with Gasteiger partial charge in [0.05, 0.1) is 5.56 Å². The van der Waals surface area contributed by atoms with Gasteiger partial charge in [0.2, 0.25) is 5.95 Å². The number of anilines is 2. The summed E-state index contributed by atoms with van der Waals surface area (Å²) in [5, 5.41) is 5.11. The predicted molar refractivity (Wildman–Crippen MR) is 140 cm³/mol. The lowest BCUT2D eigenvalue weighted by Gasteiger charge is -2.35. The van der Waals surface area contributed by atoms with Crippen LogP contribution in [0.25, 0.3) is 10.8 Å². The second kappa shape index (κ2) is 11.4. The van der Waals surface area contributed by atoms with Gasteiger partial charge in [-0.2, -0.15) is 0 Å². The number of piperazine rings is 1. The molecule has 0 atom stereocenters. The van der Waals surface area contributed by atoms with Gasteiger partial charge in [0.15, 0.2) is 0 Å². The maximum atomic E-state index is 13.1. The zero-order chi connectivity index (χ0) is 23.9. The van der Waals surface area contributed by atoms with E-state index in [1.54, 1.807) is 18.6 Å². The molecule has 1 N–H and O–H groups in total. The van der Waals surface area contributed by atoms with Crippen molar-refractivity contribution in [3.63, 3.8) is 0 Å². The van der Waals surface area contributed by atoms with Crippen molar-refractivity contribution in [2.45, 2.75) is 32.1 Å². The van der Waals surface area contributed by atoms with Gasteiger partial charge in [-0.3, -0.25) is 4.79 Å². The molecule has 35 heavy (non-hydrogen) atoms. The van der Waals surface area contributed by atoms with Crippen molar-refractivity contribution < 1.29 is 4.79 Å². The minimum atomic E-state index is -0.0397. The fourth-order valence-corrected chi connectivity index (χ4v) is 5.14. The third kappa shape index (κ3) is 5.70. The molecule has 0 saturated carbocycles. The minimum absolute atomic E-state index is 0.0397. The number of aromatic nitrogens is 3. The van der Waals surface area contributed by atoms with E-state index in [4.69, 9.17) is 4.98 Å². The minimum Gasteiger partial charge on any atom is -0.353 e. The van der Waals surface area contributed by atoms with E-state index in [1.165, 1.54) is 38.8 Å². The average Bonchev–Trinajstić information content (AvgIpc) is 3.20. The van der Waals surface area contributed by atoms with Crippen LogP contribution in [-0.2, 0) is 0 Å². The fraction of sp³-hybridized carbons (Fsp3) is 0.481. The first kappa shape index (κ1) is 23.5. The van der Waals surface area contributed by atoms with Crippen molar-refractivity contribution in [1.29, 1.82) is 0 Å². The number of amides is 1. The third-order valence-electron chi connectivity index (χ3n) is 7.07. The Kier molecular flexibility index (Phi) is 7.68. The van der Waals surface area contributed by atoms with Crippen LogP contribution in [0, 0.1) is 0 Å². The number of hydrogen-bond donors (Lipinski definition) is 1. The van der Waals surface area contributed by atoms with E-state index in [2.05, 4.69) is 36.1 Å². The van der Waals surface area contributed by atoms with Crippen LogP contribution < -0.4 is 15.1 Å². The highest BCUT2D eigenvalue weighted by Crippen LogP contribution is 2.28. The van der Waals surface area contributed by atoms with Gasteiger partial charge < -0.3 is 20.0 Å². The number of rotatable bonds is 7. The molecule has 5 rings (SSSR count). The number of nitrogens with zero attached hydrogens (tertiary/aromatic N) is 6. The molecular formula is C27H35N7O. The van der Waals surface area contributed by atoms with Crippen LogP contribution in [0.2, 0.25) is 0 Å². The molecule has 1 aromatic carbocycles. The van der Waals surface area contributed by atoms with Crippen molar-refractivity contribution in [1.82, 2.24) is 25.2 Å². The molecule has 2 saturated heterocycles. The number of carbonyl (C=O) groups is 1. The summed E-state index contributed by atoms with van der Waals surface area (Å²) in [6, 6.07) is 9.95. The predicted octanol–water partition coefficient (Wildman–Crippen LogP) is 3.35. The van der Waals surface area contributed by atoms with Crippen LogP contribution in [0.3, 0.4) is 0 Å². The smallest absolute Gasteiger partial charge is 0.253 e. The molecule has 2 fully saturated rings. The number of nitrogens with one attached hydrogen (secondary N) is 1. The molecule has 0 radical (unpaired) electrons. The molecule has 3 aromatic rings. The zero-order valence-corrected chi connectivity index (χ0v) is 20.4. The number of likely N-dealkylation sites (tertiary alicyclic amines) is 1. The summed E-state index contributed by atoms with van der Waals surface area (Å²) in [5.41, 5.74) is 0.649. The normalized spacial score (nSPS) is 17.4. The SMILES string of the molecule is O=C(NCCCN1CCCCCC1)c1cnc(N2CCN(c3ncccn3)CC2)c2ccccc12. The van der Waals surface area contributed by atoms with Gasteiger partial charge in [0, 0.05) is 56.7 Å². The monoisotopic (exact) mass is 473 g/mol. The first-order chi connectivity index (χ1) is 17.3. The molecule has 4 heterocycles. The van der Waals surface area contributed by atoms with Crippen molar-refractivity contribution in [3.8, 4) is 0 Å². The number of carbonyl (C=O) groups excluding carboxylic acids is 1. The van der Waals surface area contributed by atoms with E-state index < -0.39 is 0 Å². The third-order valence-corrected chi connectivity index (χ3v) is 7.07. The molecule has 2 aliphatic heterocycles. The lowest BCUT2D eigenvalue weighted by Crippen LogP contribution is -2.47. The molecule has 1 amide bonds. The Morgan fingerprint density at radius 1 is 0.800 bits per heavy atom. The average molecular weight is 474 g/mol. The molecular weight excluding hydrogens is 438 g/mol. The summed E-state index contributed by atoms with van der Waals surface area (Å²) in [6.07, 6.45) is 11.6. The molecule has 2 aliphatic rings. The van der Waals surface area contributed by atoms with E-state index in [1.807, 2.05) is 24.3 Å². The van der Waals surface area contributed by atoms with Crippen LogP contribution in [0.1, 0.15) is 42.5 Å². The number of fused-ring (bicyclic) bond motifs is 1. The van der Waals surface area contributed by atoms with E-state index in [-0.39, 0.29) is 5.91 Å². The van der Waals surface area contributed by atoms with Gasteiger partial charge in [-0.05, 0) is 50.3 Å². The van der Waals surface area contributed by atoms with Crippen LogP contribution >= 0.6 is 0 Å². The Bertz CT molecular complexity index is 1110. The van der Waals surface area contributed by atoms with Gasteiger partial charge in [-0.15, -0.1) is 0 Å². The summed E-state index contributed by atoms with van der Waals surface area (Å²) >= 11 is 0. The van der Waals surface area contributed by atoms with E-state index in [0.29, 0.717) is 12.1 Å². The van der Waals surface area contributed by atoms with Crippen LogP contribution in [0.4, 0.5) is 11.8 Å². The van der Waals surface area contributed by atoms with Gasteiger partial charge in [-0.25, -0.2) is 15.0 Å². The Morgan fingerprint density at radius 2 is 1.49 bits per heavy atom. The second-order valence-electron chi connectivity index (χ2n) is 9.43. The van der Waals surface area contributed by atoms with E-state index in [9.17, 15) is 4.79 Å². The second-order valence-corrected chi connectivity index (χ2v) is 9.43. The Balaban J connectivity index is 1.22. The van der Waals surface area contributed by atoms with Gasteiger partial charge in [0.25, 0.3) is 5.91 Å². The van der Waals surface area contributed by atoms with E-state index >= 15 is 0 Å². The van der Waals surface area contributed by atoms with Crippen LogP contribution in [0.15, 0.2) is 48.9 Å². The first-order valence-electron chi connectivity index (χ1n) is 12.9. The summed E-state index contributed by atoms with van der Waals surface area (Å²) in [7, 11) is 0. The number of pyridine rings is 1. The maximum Gasteiger partial charge on any atom is 0.253 e. The Labute approximate surface area is 207 Å². The number of benzene rings is 1. The first-order valence-corrected chi connectivity index (χ1v) is 12.9. The van der Waals surface area contributed by atoms with Gasteiger partial charge in [0.1, 0.15) is 5.82 Å². The van der Waals surface area contributed by atoms with Crippen molar-refractivity contribution in [2.75, 3.05) is 62.2 Å². The van der Waals surface area contributed by atoms with Crippen molar-refractivity contribution in [2.24, 2.45) is 0 Å². The standard InChI is InChI=1S/C27H35N7O/c35-26(28-13-8-16-32-14-5-1-2-6-15-32)24-21-31-25(23-10-4-3-9-22(23)24)33-17-19-34(20-18-33)27-29-11-7-12-30-27/h3-4,7,9-12,21H,1-2,5-6,8,13-20H2,(H,28,35). The molecule has 184 valence electrons. The van der Waals surface area contributed by atoms with Gasteiger partial charge in [-0.1, -0.05) is 37.1 Å².